The van der Waals surface area contributed by atoms with Crippen molar-refractivity contribution in [2.24, 2.45) is 0 Å². The molecular weight excluding hydrogens is 527 g/mol. The summed E-state index contributed by atoms with van der Waals surface area (Å²) in [6.45, 7) is 0.246. The lowest BCUT2D eigenvalue weighted by atomic mass is 9.95. The minimum atomic E-state index is -0.845. The van der Waals surface area contributed by atoms with Gasteiger partial charge in [0.25, 0.3) is 11.7 Å². The molecule has 3 aromatic carbocycles. The van der Waals surface area contributed by atoms with E-state index in [0.717, 1.165) is 16.5 Å². The number of hydrogen-bond acceptors (Lipinski definition) is 4. The molecule has 0 aliphatic carbocycles. The summed E-state index contributed by atoms with van der Waals surface area (Å²) < 4.78 is 19.6. The summed E-state index contributed by atoms with van der Waals surface area (Å²) in [4.78, 5) is 31.2. The van der Waals surface area contributed by atoms with Crippen LogP contribution in [0.1, 0.15) is 22.7 Å². The molecule has 8 heteroatoms. The van der Waals surface area contributed by atoms with Gasteiger partial charge in [-0.2, -0.15) is 0 Å². The lowest BCUT2D eigenvalue weighted by Crippen LogP contribution is -2.31. The number of ether oxygens (including phenoxy) is 1. The summed E-state index contributed by atoms with van der Waals surface area (Å²) in [5, 5.41) is 12.2. The van der Waals surface area contributed by atoms with Crippen molar-refractivity contribution in [1.29, 1.82) is 0 Å². The molecule has 1 aliphatic heterocycles. The first-order chi connectivity index (χ1) is 17.4. The molecule has 1 aliphatic rings. The van der Waals surface area contributed by atoms with Crippen molar-refractivity contribution >= 4 is 44.3 Å². The zero-order valence-corrected chi connectivity index (χ0v) is 20.9. The molecule has 0 unspecified atom stereocenters. The van der Waals surface area contributed by atoms with Gasteiger partial charge in [-0.25, -0.2) is 4.39 Å². The quantitative estimate of drug-likeness (QED) is 0.183. The first kappa shape index (κ1) is 23.8. The molecule has 5 rings (SSSR count). The third-order valence-electron chi connectivity index (χ3n) is 6.45. The van der Waals surface area contributed by atoms with Crippen LogP contribution in [0.15, 0.2) is 83.0 Å². The maximum absolute atomic E-state index is 13.5. The molecular formula is C28H22BrFN2O4. The Bertz CT molecular complexity index is 1510. The maximum Gasteiger partial charge on any atom is 0.295 e. The zero-order valence-electron chi connectivity index (χ0n) is 19.3. The molecule has 36 heavy (non-hydrogen) atoms. The van der Waals surface area contributed by atoms with Gasteiger partial charge in [0, 0.05) is 29.2 Å². The van der Waals surface area contributed by atoms with Crippen LogP contribution in [0, 0.1) is 5.82 Å². The van der Waals surface area contributed by atoms with Gasteiger partial charge in [0.1, 0.15) is 17.3 Å². The molecule has 1 aromatic heterocycles. The normalized spacial score (nSPS) is 17.2. The fraction of sp³-hybridized carbons (Fsp3) is 0.143. The highest BCUT2D eigenvalue weighted by Gasteiger charge is 2.46. The molecule has 1 saturated heterocycles. The van der Waals surface area contributed by atoms with Crippen molar-refractivity contribution in [1.82, 2.24) is 9.88 Å². The Morgan fingerprint density at radius 3 is 2.61 bits per heavy atom. The highest BCUT2D eigenvalue weighted by molar-refractivity contribution is 9.10. The van der Waals surface area contributed by atoms with Crippen molar-refractivity contribution in [3.8, 4) is 5.75 Å². The number of aromatic amines is 1. The Hall–Kier alpha value is -3.91. The van der Waals surface area contributed by atoms with Crippen LogP contribution in [-0.4, -0.2) is 40.3 Å². The number of nitrogens with one attached hydrogen (secondary N) is 1. The topological polar surface area (TPSA) is 82.6 Å². The lowest BCUT2D eigenvalue weighted by Gasteiger charge is -2.26. The van der Waals surface area contributed by atoms with Crippen LogP contribution >= 0.6 is 15.9 Å². The van der Waals surface area contributed by atoms with E-state index in [1.807, 2.05) is 30.5 Å². The van der Waals surface area contributed by atoms with Crippen LogP contribution in [0.3, 0.4) is 0 Å². The van der Waals surface area contributed by atoms with E-state index in [1.54, 1.807) is 18.2 Å². The summed E-state index contributed by atoms with van der Waals surface area (Å²) in [6.07, 6.45) is 2.40. The van der Waals surface area contributed by atoms with Gasteiger partial charge >= 0.3 is 0 Å². The second-order valence-electron chi connectivity index (χ2n) is 8.50. The fourth-order valence-corrected chi connectivity index (χ4v) is 5.05. The summed E-state index contributed by atoms with van der Waals surface area (Å²) in [5.41, 5.74) is 2.81. The van der Waals surface area contributed by atoms with Gasteiger partial charge in [0.2, 0.25) is 0 Å². The average Bonchev–Trinajstić information content (AvgIpc) is 3.41. The Morgan fingerprint density at radius 2 is 1.86 bits per heavy atom. The molecule has 1 fully saturated rings. The van der Waals surface area contributed by atoms with Crippen molar-refractivity contribution in [2.45, 2.75) is 12.5 Å². The number of H-pyrrole nitrogens is 1. The van der Waals surface area contributed by atoms with E-state index in [4.69, 9.17) is 4.74 Å². The molecule has 182 valence electrons. The molecule has 1 atom stereocenters. The minimum absolute atomic E-state index is 0.0464. The number of amides is 1. The van der Waals surface area contributed by atoms with E-state index >= 15 is 0 Å². The number of methoxy groups -OCH3 is 1. The number of nitrogens with zero attached hydrogens (tertiary/aromatic N) is 1. The number of aromatic nitrogens is 1. The average molecular weight is 549 g/mol. The van der Waals surface area contributed by atoms with Gasteiger partial charge in [-0.3, -0.25) is 9.59 Å². The SMILES string of the molecule is COc1cc([C@@H]2C(=C(O)c3ccc(F)cc3)C(=O)C(=O)N2CCc2c[nH]c3ccccc23)ccc1Br. The highest BCUT2D eigenvalue weighted by Crippen LogP contribution is 2.41. The molecule has 4 aromatic rings. The van der Waals surface area contributed by atoms with Crippen LogP contribution in [-0.2, 0) is 16.0 Å². The number of fused-ring (bicyclic) bond motifs is 1. The highest BCUT2D eigenvalue weighted by atomic mass is 79.9. The van der Waals surface area contributed by atoms with Gasteiger partial charge in [0.15, 0.2) is 0 Å². The van der Waals surface area contributed by atoms with Crippen molar-refractivity contribution < 1.29 is 23.8 Å². The number of rotatable bonds is 6. The van der Waals surface area contributed by atoms with Crippen molar-refractivity contribution in [3.63, 3.8) is 0 Å². The number of halogens is 2. The van der Waals surface area contributed by atoms with Gasteiger partial charge in [0.05, 0.1) is 23.2 Å². The van der Waals surface area contributed by atoms with E-state index in [9.17, 15) is 19.1 Å². The third kappa shape index (κ3) is 4.18. The van der Waals surface area contributed by atoms with Gasteiger partial charge in [-0.05, 0) is 75.9 Å². The Morgan fingerprint density at radius 1 is 1.11 bits per heavy atom. The molecule has 2 heterocycles. The Kier molecular flexibility index (Phi) is 6.36. The number of Topliss-reactive ketones (excluding diaryl/α,β-unsaturated/α-hetero) is 1. The van der Waals surface area contributed by atoms with E-state index in [-0.39, 0.29) is 23.4 Å². The standard InChI is InChI=1S/C28H22BrFN2O4/c1-36-23-14-17(8-11-21(23)29)25-24(26(33)16-6-9-19(30)10-7-16)27(34)28(35)32(25)13-12-18-15-31-22-5-3-2-4-20(18)22/h2-11,14-15,25,31,33H,12-13H2,1H3/t25-/m1/s1. The first-order valence-corrected chi connectivity index (χ1v) is 12.1. The van der Waals surface area contributed by atoms with Crippen LogP contribution in [0.2, 0.25) is 0 Å². The number of ketones is 1. The van der Waals surface area contributed by atoms with Crippen LogP contribution in [0.25, 0.3) is 16.7 Å². The van der Waals surface area contributed by atoms with Crippen molar-refractivity contribution in [3.05, 3.63) is 105 Å². The number of carbonyl (C=O) groups excluding carboxylic acids is 2. The van der Waals surface area contributed by atoms with E-state index in [1.165, 1.54) is 36.3 Å². The number of benzene rings is 3. The largest absolute Gasteiger partial charge is 0.507 e. The van der Waals surface area contributed by atoms with Crippen molar-refractivity contribution in [2.75, 3.05) is 13.7 Å². The van der Waals surface area contributed by atoms with E-state index in [0.29, 0.717) is 22.2 Å². The summed E-state index contributed by atoms with van der Waals surface area (Å²) in [6, 6.07) is 17.4. The summed E-state index contributed by atoms with van der Waals surface area (Å²) in [5.74, 6) is -1.79. The first-order valence-electron chi connectivity index (χ1n) is 11.3. The molecule has 6 nitrogen and oxygen atoms in total. The predicted octanol–water partition coefficient (Wildman–Crippen LogP) is 5.74. The molecule has 0 bridgehead atoms. The molecule has 2 N–H and O–H groups in total. The number of likely N-dealkylation sites (tertiary alicyclic amines) is 1. The second-order valence-corrected chi connectivity index (χ2v) is 9.36. The number of aliphatic hydroxyl groups excluding tert-OH is 1. The molecule has 1 amide bonds. The van der Waals surface area contributed by atoms with Gasteiger partial charge < -0.3 is 19.7 Å². The summed E-state index contributed by atoms with van der Waals surface area (Å²) in [7, 11) is 1.52. The second kappa shape index (κ2) is 9.62. The zero-order chi connectivity index (χ0) is 25.4. The smallest absolute Gasteiger partial charge is 0.295 e. The lowest BCUT2D eigenvalue weighted by molar-refractivity contribution is -0.139. The van der Waals surface area contributed by atoms with Crippen LogP contribution < -0.4 is 4.74 Å². The molecule has 0 spiro atoms. The fourth-order valence-electron chi connectivity index (χ4n) is 4.65. The molecule has 0 radical (unpaired) electrons. The number of aliphatic hydroxyl groups is 1. The molecule has 0 saturated carbocycles. The van der Waals surface area contributed by atoms with Gasteiger partial charge in [-0.15, -0.1) is 0 Å². The Labute approximate surface area is 215 Å². The van der Waals surface area contributed by atoms with E-state index in [2.05, 4.69) is 20.9 Å². The minimum Gasteiger partial charge on any atom is -0.507 e. The number of hydrogen-bond donors (Lipinski definition) is 2. The predicted molar refractivity (Wildman–Crippen MR) is 138 cm³/mol. The number of para-hydroxylation sites is 1. The van der Waals surface area contributed by atoms with Gasteiger partial charge in [-0.1, -0.05) is 24.3 Å². The van der Waals surface area contributed by atoms with Crippen LogP contribution in [0.5, 0.6) is 5.75 Å². The maximum atomic E-state index is 13.5. The summed E-state index contributed by atoms with van der Waals surface area (Å²) >= 11 is 3.43. The Balaban J connectivity index is 1.59. The monoisotopic (exact) mass is 548 g/mol. The van der Waals surface area contributed by atoms with E-state index < -0.39 is 23.5 Å². The third-order valence-corrected chi connectivity index (χ3v) is 7.10. The van der Waals surface area contributed by atoms with Crippen LogP contribution in [0.4, 0.5) is 4.39 Å². The number of carbonyl (C=O) groups is 2.